The first-order chi connectivity index (χ1) is 9.70. The van der Waals surface area contributed by atoms with Gasteiger partial charge in [-0.1, -0.05) is 31.9 Å². The minimum absolute atomic E-state index is 0.241. The minimum Gasteiger partial charge on any atom is -0.454 e. The van der Waals surface area contributed by atoms with Crippen LogP contribution in [0.3, 0.4) is 0 Å². The predicted molar refractivity (Wildman–Crippen MR) is 78.4 cm³/mol. The molecule has 6 heteroatoms. The average Bonchev–Trinajstić information content (AvgIpc) is 3.02. The largest absolute Gasteiger partial charge is 0.454 e. The number of halogens is 2. The van der Waals surface area contributed by atoms with E-state index in [1.54, 1.807) is 0 Å². The molecule has 0 bridgehead atoms. The first-order valence-electron chi connectivity index (χ1n) is 5.92. The number of fused-ring (bicyclic) bond motifs is 2. The maximum absolute atomic E-state index is 5.84. The van der Waals surface area contributed by atoms with Crippen LogP contribution in [0.15, 0.2) is 39.3 Å². The Morgan fingerprint density at radius 1 is 0.850 bits per heavy atom. The molecule has 2 aliphatic rings. The highest BCUT2D eigenvalue weighted by Crippen LogP contribution is 2.46. The van der Waals surface area contributed by atoms with Gasteiger partial charge in [-0.05, 0) is 30.3 Å². The van der Waals surface area contributed by atoms with Crippen LogP contribution in [0, 0.1) is 0 Å². The van der Waals surface area contributed by atoms with E-state index >= 15 is 0 Å². The topological polar surface area (TPSA) is 36.9 Å². The van der Waals surface area contributed by atoms with E-state index in [2.05, 4.69) is 31.9 Å². The Bertz CT molecular complexity index is 702. The molecule has 0 fully saturated rings. The standard InChI is InChI=1S/C14H8Br2O4/c15-7-1-2-10-13(3-7)20-14(19-10)8-4-11-12(5-9(8)16)18-6-17-11/h1-5,14H,6H2. The van der Waals surface area contributed by atoms with E-state index in [4.69, 9.17) is 18.9 Å². The molecule has 0 amide bonds. The average molecular weight is 400 g/mol. The summed E-state index contributed by atoms with van der Waals surface area (Å²) >= 11 is 6.93. The zero-order valence-corrected chi connectivity index (χ0v) is 13.2. The van der Waals surface area contributed by atoms with E-state index in [9.17, 15) is 0 Å². The van der Waals surface area contributed by atoms with Gasteiger partial charge in [-0.15, -0.1) is 0 Å². The molecule has 4 rings (SSSR count). The molecule has 0 aliphatic carbocycles. The van der Waals surface area contributed by atoms with E-state index in [1.807, 2.05) is 30.3 Å². The van der Waals surface area contributed by atoms with Crippen LogP contribution in [0.5, 0.6) is 23.0 Å². The number of benzene rings is 2. The molecular weight excluding hydrogens is 392 g/mol. The smallest absolute Gasteiger partial charge is 0.269 e. The first kappa shape index (κ1) is 12.3. The highest BCUT2D eigenvalue weighted by molar-refractivity contribution is 9.10. The fourth-order valence-electron chi connectivity index (χ4n) is 2.17. The lowest BCUT2D eigenvalue weighted by Gasteiger charge is -2.13. The molecule has 2 aromatic carbocycles. The van der Waals surface area contributed by atoms with Gasteiger partial charge in [-0.3, -0.25) is 0 Å². The van der Waals surface area contributed by atoms with Crippen molar-refractivity contribution in [2.24, 2.45) is 0 Å². The summed E-state index contributed by atoms with van der Waals surface area (Å²) in [7, 11) is 0. The second-order valence-corrected chi connectivity index (χ2v) is 6.16. The van der Waals surface area contributed by atoms with Crippen molar-refractivity contribution < 1.29 is 18.9 Å². The molecule has 0 saturated heterocycles. The predicted octanol–water partition coefficient (Wildman–Crippen LogP) is 4.41. The van der Waals surface area contributed by atoms with Crippen LogP contribution in [0.1, 0.15) is 11.9 Å². The van der Waals surface area contributed by atoms with Crippen molar-refractivity contribution in [3.05, 3.63) is 44.8 Å². The molecule has 0 saturated carbocycles. The molecule has 20 heavy (non-hydrogen) atoms. The van der Waals surface area contributed by atoms with Gasteiger partial charge in [0, 0.05) is 8.95 Å². The van der Waals surface area contributed by atoms with Crippen molar-refractivity contribution in [2.45, 2.75) is 6.29 Å². The molecule has 0 N–H and O–H groups in total. The highest BCUT2D eigenvalue weighted by Gasteiger charge is 2.29. The summed E-state index contributed by atoms with van der Waals surface area (Å²) in [6, 6.07) is 9.41. The summed E-state index contributed by atoms with van der Waals surface area (Å²) in [5.74, 6) is 2.86. The van der Waals surface area contributed by atoms with Crippen LogP contribution in [0.2, 0.25) is 0 Å². The van der Waals surface area contributed by atoms with Crippen LogP contribution >= 0.6 is 31.9 Å². The van der Waals surface area contributed by atoms with Gasteiger partial charge >= 0.3 is 0 Å². The molecule has 102 valence electrons. The van der Waals surface area contributed by atoms with Crippen LogP contribution < -0.4 is 18.9 Å². The molecule has 1 atom stereocenters. The number of ether oxygens (including phenoxy) is 4. The Kier molecular flexibility index (Phi) is 2.82. The maximum Gasteiger partial charge on any atom is 0.269 e. The summed E-state index contributed by atoms with van der Waals surface area (Å²) in [5.41, 5.74) is 0.863. The lowest BCUT2D eigenvalue weighted by atomic mass is 10.2. The van der Waals surface area contributed by atoms with E-state index < -0.39 is 6.29 Å². The monoisotopic (exact) mass is 398 g/mol. The molecule has 2 heterocycles. The van der Waals surface area contributed by atoms with Gasteiger partial charge in [-0.25, -0.2) is 0 Å². The summed E-state index contributed by atoms with van der Waals surface area (Å²) < 4.78 is 24.2. The van der Waals surface area contributed by atoms with Crippen molar-refractivity contribution in [2.75, 3.05) is 6.79 Å². The third-order valence-corrected chi connectivity index (χ3v) is 4.30. The second kappa shape index (κ2) is 4.56. The lowest BCUT2D eigenvalue weighted by Crippen LogP contribution is -2.08. The summed E-state index contributed by atoms with van der Waals surface area (Å²) in [6.45, 7) is 0.241. The van der Waals surface area contributed by atoms with Crippen LogP contribution in [0.4, 0.5) is 0 Å². The minimum atomic E-state index is -0.497. The lowest BCUT2D eigenvalue weighted by molar-refractivity contribution is 0.0479. The SMILES string of the molecule is Brc1ccc2c(c1)OC(c1cc3c(cc1Br)OCO3)O2. The molecule has 2 aromatic rings. The Hall–Kier alpha value is -1.40. The van der Waals surface area contributed by atoms with E-state index in [0.717, 1.165) is 26.0 Å². The second-order valence-electron chi connectivity index (χ2n) is 4.39. The third-order valence-electron chi connectivity index (χ3n) is 3.12. The Balaban J connectivity index is 1.70. The maximum atomic E-state index is 5.84. The molecule has 0 aromatic heterocycles. The van der Waals surface area contributed by atoms with Gasteiger partial charge < -0.3 is 18.9 Å². The van der Waals surface area contributed by atoms with E-state index in [0.29, 0.717) is 11.5 Å². The molecule has 1 unspecified atom stereocenters. The number of hydrogen-bond donors (Lipinski definition) is 0. The van der Waals surface area contributed by atoms with Crippen molar-refractivity contribution in [1.29, 1.82) is 0 Å². The number of rotatable bonds is 1. The third kappa shape index (κ3) is 1.94. The molecule has 4 nitrogen and oxygen atoms in total. The van der Waals surface area contributed by atoms with Crippen molar-refractivity contribution in [3.63, 3.8) is 0 Å². The zero-order valence-electron chi connectivity index (χ0n) is 10.1. The normalized spacial score (nSPS) is 18.4. The van der Waals surface area contributed by atoms with Gasteiger partial charge in [0.25, 0.3) is 6.29 Å². The molecule has 0 radical (unpaired) electrons. The van der Waals surface area contributed by atoms with Crippen LogP contribution in [-0.4, -0.2) is 6.79 Å². The van der Waals surface area contributed by atoms with Gasteiger partial charge in [0.05, 0.1) is 5.56 Å². The van der Waals surface area contributed by atoms with Crippen molar-refractivity contribution >= 4 is 31.9 Å². The quantitative estimate of drug-likeness (QED) is 0.711. The summed E-state index contributed by atoms with van der Waals surface area (Å²) in [4.78, 5) is 0. The van der Waals surface area contributed by atoms with Crippen LogP contribution in [-0.2, 0) is 0 Å². The first-order valence-corrected chi connectivity index (χ1v) is 7.51. The van der Waals surface area contributed by atoms with Gasteiger partial charge in [0.2, 0.25) is 6.79 Å². The fraction of sp³-hybridized carbons (Fsp3) is 0.143. The van der Waals surface area contributed by atoms with Crippen molar-refractivity contribution in [1.82, 2.24) is 0 Å². The number of hydrogen-bond acceptors (Lipinski definition) is 4. The zero-order chi connectivity index (χ0) is 13.7. The molecule has 2 aliphatic heterocycles. The summed E-state index contributed by atoms with van der Waals surface area (Å²) in [5, 5.41) is 0. The van der Waals surface area contributed by atoms with Crippen molar-refractivity contribution in [3.8, 4) is 23.0 Å². The van der Waals surface area contributed by atoms with Gasteiger partial charge in [0.1, 0.15) is 0 Å². The van der Waals surface area contributed by atoms with E-state index in [1.165, 1.54) is 0 Å². The van der Waals surface area contributed by atoms with E-state index in [-0.39, 0.29) is 6.79 Å². The molecule has 0 spiro atoms. The summed E-state index contributed by atoms with van der Waals surface area (Å²) in [6.07, 6.45) is -0.497. The Morgan fingerprint density at radius 3 is 2.45 bits per heavy atom. The van der Waals surface area contributed by atoms with Gasteiger partial charge in [0.15, 0.2) is 23.0 Å². The fourth-order valence-corrected chi connectivity index (χ4v) is 3.02. The molecular formula is C14H8Br2O4. The Labute approximate surface area is 131 Å². The highest BCUT2D eigenvalue weighted by atomic mass is 79.9. The Morgan fingerprint density at radius 2 is 1.60 bits per heavy atom. The van der Waals surface area contributed by atoms with Gasteiger partial charge in [-0.2, -0.15) is 0 Å². The van der Waals surface area contributed by atoms with Crippen LogP contribution in [0.25, 0.3) is 0 Å².